The van der Waals surface area contributed by atoms with E-state index in [9.17, 15) is 0 Å². The Morgan fingerprint density at radius 2 is 1.63 bits per heavy atom. The summed E-state index contributed by atoms with van der Waals surface area (Å²) in [6.45, 7) is 6.53. The number of ether oxygens (including phenoxy) is 1. The maximum atomic E-state index is 6.08. The second-order valence-corrected chi connectivity index (χ2v) is 5.94. The van der Waals surface area contributed by atoms with Gasteiger partial charge < -0.3 is 10.5 Å². The molecule has 2 nitrogen and oxygen atoms in total. The fraction of sp³-hybridized carbons (Fsp3) is 0.250. The van der Waals surface area contributed by atoms with Gasteiger partial charge in [0.05, 0.1) is 10.7 Å². The first-order valence-corrected chi connectivity index (χ1v) is 6.58. The van der Waals surface area contributed by atoms with E-state index in [-0.39, 0.29) is 5.41 Å². The van der Waals surface area contributed by atoms with E-state index in [1.807, 2.05) is 12.1 Å². The number of para-hydroxylation sites is 1. The van der Waals surface area contributed by atoms with Crippen molar-refractivity contribution in [3.63, 3.8) is 0 Å². The molecule has 0 aliphatic carbocycles. The number of hydrogen-bond acceptors (Lipinski definition) is 2. The summed E-state index contributed by atoms with van der Waals surface area (Å²) in [5.41, 5.74) is 7.78. The molecule has 0 aliphatic rings. The van der Waals surface area contributed by atoms with Crippen LogP contribution in [-0.2, 0) is 5.41 Å². The van der Waals surface area contributed by atoms with E-state index in [1.165, 1.54) is 5.56 Å². The van der Waals surface area contributed by atoms with Gasteiger partial charge >= 0.3 is 0 Å². The van der Waals surface area contributed by atoms with E-state index in [0.717, 1.165) is 5.75 Å². The number of nitrogen functional groups attached to an aromatic ring is 1. The van der Waals surface area contributed by atoms with Crippen LogP contribution in [0.3, 0.4) is 0 Å². The average Bonchev–Trinajstić information content (AvgIpc) is 2.33. The van der Waals surface area contributed by atoms with E-state index in [0.29, 0.717) is 16.5 Å². The van der Waals surface area contributed by atoms with Crippen LogP contribution in [0.2, 0.25) is 5.02 Å². The normalized spacial score (nSPS) is 11.4. The quantitative estimate of drug-likeness (QED) is 0.782. The standard InChI is InChI=1S/C16H18ClNO/c1-16(2,3)11-7-9-12(10-8-11)19-15-13(17)5-4-6-14(15)18/h4-10H,18H2,1-3H3. The summed E-state index contributed by atoms with van der Waals surface area (Å²) in [6.07, 6.45) is 0. The van der Waals surface area contributed by atoms with Gasteiger partial charge in [0.1, 0.15) is 5.75 Å². The van der Waals surface area contributed by atoms with Gasteiger partial charge in [-0.3, -0.25) is 0 Å². The summed E-state index contributed by atoms with van der Waals surface area (Å²) in [4.78, 5) is 0. The van der Waals surface area contributed by atoms with Crippen molar-refractivity contribution in [2.24, 2.45) is 0 Å². The molecule has 0 amide bonds. The lowest BCUT2D eigenvalue weighted by Gasteiger charge is -2.19. The molecule has 0 radical (unpaired) electrons. The third-order valence-corrected chi connectivity index (χ3v) is 3.24. The molecule has 0 aliphatic heterocycles. The van der Waals surface area contributed by atoms with Crippen LogP contribution in [0.15, 0.2) is 42.5 Å². The van der Waals surface area contributed by atoms with Crippen molar-refractivity contribution in [2.75, 3.05) is 5.73 Å². The van der Waals surface area contributed by atoms with Crippen LogP contribution in [0, 0.1) is 0 Å². The molecule has 2 rings (SSSR count). The highest BCUT2D eigenvalue weighted by Crippen LogP contribution is 2.35. The summed E-state index contributed by atoms with van der Waals surface area (Å²) in [6, 6.07) is 13.3. The van der Waals surface area contributed by atoms with E-state index in [4.69, 9.17) is 22.1 Å². The molecule has 2 aromatic carbocycles. The Kier molecular flexibility index (Phi) is 3.72. The summed E-state index contributed by atoms with van der Waals surface area (Å²) in [5.74, 6) is 1.24. The van der Waals surface area contributed by atoms with Gasteiger partial charge in [0.2, 0.25) is 0 Å². The van der Waals surface area contributed by atoms with E-state index in [2.05, 4.69) is 32.9 Å². The Morgan fingerprint density at radius 3 is 2.16 bits per heavy atom. The molecule has 100 valence electrons. The van der Waals surface area contributed by atoms with Crippen molar-refractivity contribution in [3.8, 4) is 11.5 Å². The van der Waals surface area contributed by atoms with Gasteiger partial charge in [-0.1, -0.05) is 50.6 Å². The minimum Gasteiger partial charge on any atom is -0.454 e. The zero-order valence-electron chi connectivity index (χ0n) is 11.4. The molecule has 0 spiro atoms. The van der Waals surface area contributed by atoms with Crippen molar-refractivity contribution in [1.29, 1.82) is 0 Å². The van der Waals surface area contributed by atoms with Gasteiger partial charge in [0.15, 0.2) is 5.75 Å². The van der Waals surface area contributed by atoms with Crippen molar-refractivity contribution in [1.82, 2.24) is 0 Å². The van der Waals surface area contributed by atoms with Gasteiger partial charge in [-0.05, 0) is 35.2 Å². The fourth-order valence-corrected chi connectivity index (χ4v) is 1.99. The van der Waals surface area contributed by atoms with Gasteiger partial charge in [-0.15, -0.1) is 0 Å². The van der Waals surface area contributed by atoms with Gasteiger partial charge in [0, 0.05) is 0 Å². The molecule has 0 atom stereocenters. The van der Waals surface area contributed by atoms with Crippen molar-refractivity contribution < 1.29 is 4.74 Å². The van der Waals surface area contributed by atoms with Crippen LogP contribution < -0.4 is 10.5 Å². The van der Waals surface area contributed by atoms with Crippen molar-refractivity contribution >= 4 is 17.3 Å². The fourth-order valence-electron chi connectivity index (χ4n) is 1.77. The van der Waals surface area contributed by atoms with Crippen LogP contribution in [-0.4, -0.2) is 0 Å². The van der Waals surface area contributed by atoms with Crippen LogP contribution in [0.5, 0.6) is 11.5 Å². The third-order valence-electron chi connectivity index (χ3n) is 2.94. The van der Waals surface area contributed by atoms with Gasteiger partial charge in [-0.2, -0.15) is 0 Å². The lowest BCUT2D eigenvalue weighted by atomic mass is 9.87. The molecular formula is C16H18ClNO. The Bertz CT molecular complexity index is 550. The maximum Gasteiger partial charge on any atom is 0.168 e. The number of nitrogens with two attached hydrogens (primary N) is 1. The number of benzene rings is 2. The summed E-state index contributed by atoms with van der Waals surface area (Å²) < 4.78 is 5.75. The number of rotatable bonds is 2. The Labute approximate surface area is 119 Å². The predicted molar refractivity (Wildman–Crippen MR) is 81.1 cm³/mol. The summed E-state index contributed by atoms with van der Waals surface area (Å²) >= 11 is 6.08. The van der Waals surface area contributed by atoms with E-state index in [1.54, 1.807) is 18.2 Å². The number of halogens is 1. The molecule has 0 saturated carbocycles. The van der Waals surface area contributed by atoms with Crippen molar-refractivity contribution in [3.05, 3.63) is 53.1 Å². The molecule has 2 N–H and O–H groups in total. The topological polar surface area (TPSA) is 35.2 Å². The largest absolute Gasteiger partial charge is 0.454 e. The first kappa shape index (κ1) is 13.8. The zero-order chi connectivity index (χ0) is 14.0. The van der Waals surface area contributed by atoms with Gasteiger partial charge in [-0.25, -0.2) is 0 Å². The molecule has 2 aromatic rings. The highest BCUT2D eigenvalue weighted by Gasteiger charge is 2.13. The Hall–Kier alpha value is -1.67. The SMILES string of the molecule is CC(C)(C)c1ccc(Oc2c(N)cccc2Cl)cc1. The molecule has 0 unspecified atom stereocenters. The van der Waals surface area contributed by atoms with Crippen molar-refractivity contribution in [2.45, 2.75) is 26.2 Å². The summed E-state index contributed by atoms with van der Waals surface area (Å²) in [7, 11) is 0. The predicted octanol–water partition coefficient (Wildman–Crippen LogP) is 5.01. The minimum absolute atomic E-state index is 0.127. The van der Waals surface area contributed by atoms with Crippen LogP contribution in [0.1, 0.15) is 26.3 Å². The number of anilines is 1. The molecule has 19 heavy (non-hydrogen) atoms. The molecular weight excluding hydrogens is 258 g/mol. The van der Waals surface area contributed by atoms with Crippen LogP contribution >= 0.6 is 11.6 Å². The Balaban J connectivity index is 2.25. The second-order valence-electron chi connectivity index (χ2n) is 5.53. The van der Waals surface area contributed by atoms with Crippen LogP contribution in [0.4, 0.5) is 5.69 Å². The first-order valence-electron chi connectivity index (χ1n) is 6.20. The minimum atomic E-state index is 0.127. The third kappa shape index (κ3) is 3.21. The smallest absolute Gasteiger partial charge is 0.168 e. The van der Waals surface area contributed by atoms with Gasteiger partial charge in [0.25, 0.3) is 0 Å². The monoisotopic (exact) mass is 275 g/mol. The lowest BCUT2D eigenvalue weighted by Crippen LogP contribution is -2.10. The lowest BCUT2D eigenvalue weighted by molar-refractivity contribution is 0.484. The van der Waals surface area contributed by atoms with Crippen LogP contribution in [0.25, 0.3) is 0 Å². The highest BCUT2D eigenvalue weighted by molar-refractivity contribution is 6.32. The van der Waals surface area contributed by atoms with E-state index < -0.39 is 0 Å². The molecule has 0 aromatic heterocycles. The first-order chi connectivity index (χ1) is 8.88. The highest BCUT2D eigenvalue weighted by atomic mass is 35.5. The molecule has 0 bridgehead atoms. The molecule has 0 saturated heterocycles. The molecule has 0 heterocycles. The average molecular weight is 276 g/mol. The second kappa shape index (κ2) is 5.14. The molecule has 0 fully saturated rings. The maximum absolute atomic E-state index is 6.08. The Morgan fingerprint density at radius 1 is 1.00 bits per heavy atom. The zero-order valence-corrected chi connectivity index (χ0v) is 12.2. The van der Waals surface area contributed by atoms with E-state index >= 15 is 0 Å². The summed E-state index contributed by atoms with van der Waals surface area (Å²) in [5, 5.41) is 0.514. The molecule has 3 heteroatoms. The number of hydrogen-bond donors (Lipinski definition) is 1.